The molecule has 9 nitrogen and oxygen atoms in total. The number of carboxylic acid groups (broad SMARTS) is 1. The van der Waals surface area contributed by atoms with Crippen LogP contribution in [0.1, 0.15) is 21.5 Å². The van der Waals surface area contributed by atoms with Crippen LogP contribution in [0.4, 0.5) is 4.79 Å². The van der Waals surface area contributed by atoms with E-state index in [0.717, 1.165) is 17.8 Å². The number of hydrogen-bond acceptors (Lipinski definition) is 5. The topological polar surface area (TPSA) is 124 Å². The molecule has 0 unspecified atom stereocenters. The molecule has 10 heteroatoms. The van der Waals surface area contributed by atoms with Gasteiger partial charge in [0.25, 0.3) is 5.91 Å². The molecular weight excluding hydrogens is 422 g/mol. The van der Waals surface area contributed by atoms with E-state index in [1.807, 2.05) is 6.07 Å². The zero-order valence-electron chi connectivity index (χ0n) is 16.1. The third-order valence-electron chi connectivity index (χ3n) is 4.19. The van der Waals surface area contributed by atoms with Crippen LogP contribution in [0.5, 0.6) is 0 Å². The molecule has 2 N–H and O–H groups in total. The van der Waals surface area contributed by atoms with Gasteiger partial charge < -0.3 is 10.4 Å². The lowest BCUT2D eigenvalue weighted by atomic mass is 10.1. The van der Waals surface area contributed by atoms with Gasteiger partial charge in [-0.25, -0.2) is 9.59 Å². The van der Waals surface area contributed by atoms with Crippen molar-refractivity contribution in [3.05, 3.63) is 83.6 Å². The summed E-state index contributed by atoms with van der Waals surface area (Å²) < 4.78 is 26.1. The fourth-order valence-corrected chi connectivity index (χ4v) is 3.73. The number of carbonyl (C=O) groups excluding carboxylic acids is 2. The van der Waals surface area contributed by atoms with Crippen molar-refractivity contribution in [2.24, 2.45) is 0 Å². The number of carboxylic acids is 1. The molecule has 3 rings (SSSR count). The number of aromatic carboxylic acids is 1. The van der Waals surface area contributed by atoms with Gasteiger partial charge >= 0.3 is 22.2 Å². The number of rotatable bonds is 4. The molecule has 3 amide bonds. The molecule has 0 radical (unpaired) electrons. The highest BCUT2D eigenvalue weighted by Gasteiger charge is 2.37. The summed E-state index contributed by atoms with van der Waals surface area (Å²) in [6, 6.07) is 16.1. The van der Waals surface area contributed by atoms with E-state index in [-0.39, 0.29) is 18.5 Å². The second kappa shape index (κ2) is 9.15. The highest BCUT2D eigenvalue weighted by Crippen LogP contribution is 2.15. The largest absolute Gasteiger partial charge is 0.478 e. The van der Waals surface area contributed by atoms with Crippen molar-refractivity contribution < 1.29 is 27.9 Å². The Labute approximate surface area is 178 Å². The van der Waals surface area contributed by atoms with Gasteiger partial charge in [0.1, 0.15) is 0 Å². The number of carbonyl (C=O) groups is 3. The van der Waals surface area contributed by atoms with Crippen LogP contribution in [0, 0.1) is 12.0 Å². The van der Waals surface area contributed by atoms with Crippen molar-refractivity contribution in [3.63, 3.8) is 0 Å². The first-order valence-electron chi connectivity index (χ1n) is 8.98. The van der Waals surface area contributed by atoms with Gasteiger partial charge in [0.15, 0.2) is 0 Å². The van der Waals surface area contributed by atoms with Crippen LogP contribution in [0.3, 0.4) is 0 Å². The summed E-state index contributed by atoms with van der Waals surface area (Å²) in [6.07, 6.45) is 1.88. The average Bonchev–Trinajstić information content (AvgIpc) is 2.75. The first-order chi connectivity index (χ1) is 14.8. The van der Waals surface area contributed by atoms with Crippen LogP contribution in [0.25, 0.3) is 0 Å². The maximum absolute atomic E-state index is 12.7. The fourth-order valence-electron chi connectivity index (χ4n) is 2.59. The summed E-state index contributed by atoms with van der Waals surface area (Å²) >= 11 is 0. The number of amides is 3. The second-order valence-corrected chi connectivity index (χ2v) is 7.99. The van der Waals surface area contributed by atoms with Gasteiger partial charge in [-0.1, -0.05) is 48.4 Å². The zero-order valence-corrected chi connectivity index (χ0v) is 16.9. The van der Waals surface area contributed by atoms with Crippen LogP contribution in [0.15, 0.2) is 66.9 Å². The smallest absolute Gasteiger partial charge is 0.347 e. The Bertz CT molecular complexity index is 1200. The third-order valence-corrected chi connectivity index (χ3v) is 5.71. The Hall–Kier alpha value is -4.10. The Balaban J connectivity index is 1.71. The predicted octanol–water partition coefficient (Wildman–Crippen LogP) is 1.70. The van der Waals surface area contributed by atoms with Crippen molar-refractivity contribution in [2.45, 2.75) is 13.0 Å². The summed E-state index contributed by atoms with van der Waals surface area (Å²) in [5.74, 6) is 0.588. The van der Waals surface area contributed by atoms with Gasteiger partial charge in [0.05, 0.1) is 5.56 Å². The monoisotopic (exact) mass is 439 g/mol. The van der Waals surface area contributed by atoms with Gasteiger partial charge in [-0.05, 0) is 23.3 Å². The second-order valence-electron chi connectivity index (χ2n) is 6.33. The molecule has 0 aliphatic carbocycles. The van der Waals surface area contributed by atoms with E-state index < -0.39 is 28.1 Å². The lowest BCUT2D eigenvalue weighted by Crippen LogP contribution is -2.50. The Kier molecular flexibility index (Phi) is 6.37. The first-order valence-corrected chi connectivity index (χ1v) is 10.4. The number of benzene rings is 2. The summed E-state index contributed by atoms with van der Waals surface area (Å²) in [6.45, 7) is 0.103. The van der Waals surface area contributed by atoms with Crippen molar-refractivity contribution in [1.82, 2.24) is 13.9 Å². The lowest BCUT2D eigenvalue weighted by Gasteiger charge is -2.26. The minimum absolute atomic E-state index is 0.0725. The SMILES string of the molecule is O=C(O)c1ccc(CC#CN2C(=O)C=CN(C(=O)NCc3ccccc3)S2(=O)=O)cc1. The van der Waals surface area contributed by atoms with E-state index in [0.29, 0.717) is 14.2 Å². The predicted molar refractivity (Wildman–Crippen MR) is 110 cm³/mol. The third kappa shape index (κ3) is 5.09. The van der Waals surface area contributed by atoms with Gasteiger partial charge in [-0.15, -0.1) is 4.31 Å². The van der Waals surface area contributed by atoms with Crippen molar-refractivity contribution >= 4 is 28.1 Å². The zero-order chi connectivity index (χ0) is 22.4. The van der Waals surface area contributed by atoms with Crippen molar-refractivity contribution in [3.8, 4) is 12.0 Å². The maximum atomic E-state index is 12.7. The van der Waals surface area contributed by atoms with E-state index in [1.54, 1.807) is 24.3 Å². The Morgan fingerprint density at radius 3 is 2.32 bits per heavy atom. The summed E-state index contributed by atoms with van der Waals surface area (Å²) in [7, 11) is -4.52. The van der Waals surface area contributed by atoms with Crippen molar-refractivity contribution in [1.29, 1.82) is 0 Å². The van der Waals surface area contributed by atoms with Gasteiger partial charge in [-0.3, -0.25) is 4.79 Å². The Morgan fingerprint density at radius 2 is 1.68 bits per heavy atom. The molecule has 158 valence electrons. The van der Waals surface area contributed by atoms with Crippen LogP contribution in [0.2, 0.25) is 0 Å². The molecule has 2 aromatic rings. The minimum atomic E-state index is -4.52. The molecule has 0 saturated carbocycles. The summed E-state index contributed by atoms with van der Waals surface area (Å²) in [5.41, 5.74) is 1.51. The number of urea groups is 1. The number of nitrogens with one attached hydrogen (secondary N) is 1. The molecule has 0 spiro atoms. The van der Waals surface area contributed by atoms with Crippen LogP contribution in [-0.4, -0.2) is 40.0 Å². The molecule has 0 atom stereocenters. The lowest BCUT2D eigenvalue weighted by molar-refractivity contribution is -0.119. The molecule has 1 heterocycles. The van der Waals surface area contributed by atoms with Gasteiger partial charge in [0, 0.05) is 31.3 Å². The van der Waals surface area contributed by atoms with Crippen LogP contribution >= 0.6 is 0 Å². The highest BCUT2D eigenvalue weighted by atomic mass is 32.2. The highest BCUT2D eigenvalue weighted by molar-refractivity contribution is 7.88. The molecule has 0 aromatic heterocycles. The summed E-state index contributed by atoms with van der Waals surface area (Å²) in [4.78, 5) is 35.3. The molecule has 0 saturated heterocycles. The number of nitrogens with zero attached hydrogens (tertiary/aromatic N) is 2. The van der Waals surface area contributed by atoms with Gasteiger partial charge in [-0.2, -0.15) is 12.7 Å². The standard InChI is InChI=1S/C21H17N3O6S/c25-19-12-14-24(21(28)22-15-17-5-2-1-3-6-17)31(29,30)23(19)13-4-7-16-8-10-18(11-9-16)20(26)27/h1-3,5-6,8-12,14H,7,15H2,(H,22,28)(H,26,27). The van der Waals surface area contributed by atoms with Gasteiger partial charge in [0.2, 0.25) is 0 Å². The van der Waals surface area contributed by atoms with Crippen molar-refractivity contribution in [2.75, 3.05) is 0 Å². The molecular formula is C21H17N3O6S. The summed E-state index contributed by atoms with van der Waals surface area (Å²) in [5, 5.41) is 11.4. The van der Waals surface area contributed by atoms with Crippen LogP contribution < -0.4 is 5.32 Å². The molecule has 0 bridgehead atoms. The minimum Gasteiger partial charge on any atom is -0.478 e. The molecule has 0 fully saturated rings. The van der Waals surface area contributed by atoms with E-state index in [9.17, 15) is 22.8 Å². The van der Waals surface area contributed by atoms with E-state index in [1.165, 1.54) is 24.3 Å². The quantitative estimate of drug-likeness (QED) is 0.699. The van der Waals surface area contributed by atoms with Crippen LogP contribution in [-0.2, 0) is 28.0 Å². The van der Waals surface area contributed by atoms with E-state index in [4.69, 9.17) is 5.11 Å². The van der Waals surface area contributed by atoms with E-state index in [2.05, 4.69) is 17.3 Å². The normalized spacial score (nSPS) is 14.5. The van der Waals surface area contributed by atoms with E-state index >= 15 is 0 Å². The fraction of sp³-hybridized carbons (Fsp3) is 0.0952. The molecule has 1 aliphatic heterocycles. The maximum Gasteiger partial charge on any atom is 0.347 e. The molecule has 1 aliphatic rings. The molecule has 31 heavy (non-hydrogen) atoms. The average molecular weight is 439 g/mol. The first kappa shape index (κ1) is 21.6. The number of hydrogen-bond donors (Lipinski definition) is 2. The Morgan fingerprint density at radius 1 is 1.00 bits per heavy atom. The molecule has 2 aromatic carbocycles.